The van der Waals surface area contributed by atoms with Crippen LogP contribution in [0, 0.1) is 5.41 Å². The van der Waals surface area contributed by atoms with Crippen molar-refractivity contribution in [2.24, 2.45) is 5.41 Å². The summed E-state index contributed by atoms with van der Waals surface area (Å²) in [5, 5.41) is 8.05. The van der Waals surface area contributed by atoms with Gasteiger partial charge in [0.2, 0.25) is 10.9 Å². The number of benzene rings is 1. The molecule has 3 rings (SSSR count). The van der Waals surface area contributed by atoms with Gasteiger partial charge in [0.25, 0.3) is 5.56 Å². The molecule has 0 fully saturated rings. The second kappa shape index (κ2) is 7.71. The molecular weight excluding hydrogens is 376 g/mol. The fourth-order valence-electron chi connectivity index (χ4n) is 2.32. The summed E-state index contributed by atoms with van der Waals surface area (Å²) in [7, 11) is 0. The molecule has 1 aromatic carbocycles. The first-order valence-corrected chi connectivity index (χ1v) is 9.89. The zero-order chi connectivity index (χ0) is 20.5. The fraction of sp³-hybridized carbons (Fsp3) is 0.400. The highest BCUT2D eigenvalue weighted by molar-refractivity contribution is 7.16. The topological polar surface area (TPSA) is 85.6 Å². The Labute approximate surface area is 167 Å². The van der Waals surface area contributed by atoms with Crippen LogP contribution in [0.3, 0.4) is 0 Å². The first-order chi connectivity index (χ1) is 13.1. The van der Waals surface area contributed by atoms with Gasteiger partial charge in [0.1, 0.15) is 17.4 Å². The summed E-state index contributed by atoms with van der Waals surface area (Å²) in [4.78, 5) is 29.5. The molecule has 1 N–H and O–H groups in total. The number of carbonyl (C=O) groups is 1. The number of fused-ring (bicyclic) bond motifs is 1. The Morgan fingerprint density at radius 2 is 2.04 bits per heavy atom. The van der Waals surface area contributed by atoms with E-state index in [4.69, 9.17) is 4.74 Å². The number of nitrogens with zero attached hydrogens (tertiary/aromatic N) is 3. The van der Waals surface area contributed by atoms with E-state index in [-0.39, 0.29) is 24.0 Å². The van der Waals surface area contributed by atoms with E-state index < -0.39 is 5.41 Å². The predicted octanol–water partition coefficient (Wildman–Crippen LogP) is 3.84. The molecular formula is C20H24N4O3S. The summed E-state index contributed by atoms with van der Waals surface area (Å²) in [6, 6.07) is 8.58. The van der Waals surface area contributed by atoms with Crippen LogP contribution < -0.4 is 15.6 Å². The Morgan fingerprint density at radius 1 is 1.29 bits per heavy atom. The largest absolute Gasteiger partial charge is 0.487 e. The number of hydrogen-bond donors (Lipinski definition) is 1. The molecule has 0 radical (unpaired) electrons. The fourth-order valence-corrected chi connectivity index (χ4v) is 3.24. The Kier molecular flexibility index (Phi) is 5.51. The van der Waals surface area contributed by atoms with Gasteiger partial charge in [0, 0.05) is 29.2 Å². The molecule has 0 bridgehead atoms. The number of rotatable bonds is 5. The molecule has 0 unspecified atom stereocenters. The molecule has 2 heterocycles. The zero-order valence-corrected chi connectivity index (χ0v) is 17.5. The lowest BCUT2D eigenvalue weighted by Crippen LogP contribution is -2.27. The number of hydrogen-bond acceptors (Lipinski definition) is 6. The van der Waals surface area contributed by atoms with Crippen LogP contribution in [-0.2, 0) is 11.4 Å². The summed E-state index contributed by atoms with van der Waals surface area (Å²) < 4.78 is 7.11. The average molecular weight is 401 g/mol. The second-order valence-corrected chi connectivity index (χ2v) is 8.88. The van der Waals surface area contributed by atoms with E-state index in [2.05, 4.69) is 15.4 Å². The van der Waals surface area contributed by atoms with E-state index >= 15 is 0 Å². The molecule has 0 saturated carbocycles. The zero-order valence-electron chi connectivity index (χ0n) is 16.6. The van der Waals surface area contributed by atoms with Gasteiger partial charge in [-0.15, -0.1) is 0 Å². The van der Waals surface area contributed by atoms with Crippen molar-refractivity contribution in [2.75, 3.05) is 5.32 Å². The maximum absolute atomic E-state index is 12.3. The minimum Gasteiger partial charge on any atom is -0.487 e. The van der Waals surface area contributed by atoms with Crippen LogP contribution in [0.5, 0.6) is 5.75 Å². The van der Waals surface area contributed by atoms with Crippen molar-refractivity contribution in [3.05, 3.63) is 51.4 Å². The number of ether oxygens (including phenoxy) is 1. The maximum atomic E-state index is 12.3. The summed E-state index contributed by atoms with van der Waals surface area (Å²) in [6.07, 6.45) is 0. The summed E-state index contributed by atoms with van der Waals surface area (Å²) in [6.45, 7) is 9.77. The quantitative estimate of drug-likeness (QED) is 0.703. The molecule has 0 spiro atoms. The smallest absolute Gasteiger partial charge is 0.275 e. The van der Waals surface area contributed by atoms with Gasteiger partial charge in [-0.25, -0.2) is 4.98 Å². The van der Waals surface area contributed by atoms with Crippen LogP contribution in [0.15, 0.2) is 35.1 Å². The minimum atomic E-state index is -0.484. The van der Waals surface area contributed by atoms with Crippen molar-refractivity contribution in [2.45, 2.75) is 47.1 Å². The first kappa shape index (κ1) is 20.0. The number of nitrogens with one attached hydrogen (secondary N) is 1. The lowest BCUT2D eigenvalue weighted by atomic mass is 9.95. The SMILES string of the molecule is CC(C)c1nn2c(=O)cc(COc3cccc(NC(=O)C(C)(C)C)c3)nc2s1. The van der Waals surface area contributed by atoms with Gasteiger partial charge in [0.15, 0.2) is 0 Å². The van der Waals surface area contributed by atoms with E-state index in [1.165, 1.54) is 21.9 Å². The third-order valence-corrected chi connectivity index (χ3v) is 5.18. The predicted molar refractivity (Wildman–Crippen MR) is 110 cm³/mol. The molecule has 8 heteroatoms. The molecule has 0 saturated heterocycles. The molecule has 3 aromatic rings. The average Bonchev–Trinajstić information content (AvgIpc) is 3.05. The summed E-state index contributed by atoms with van der Waals surface area (Å²) in [5.74, 6) is 0.744. The molecule has 0 atom stereocenters. The van der Waals surface area contributed by atoms with Crippen molar-refractivity contribution in [3.63, 3.8) is 0 Å². The van der Waals surface area contributed by atoms with Crippen molar-refractivity contribution >= 4 is 27.9 Å². The van der Waals surface area contributed by atoms with Crippen LogP contribution in [0.1, 0.15) is 51.2 Å². The van der Waals surface area contributed by atoms with E-state index in [1.807, 2.05) is 34.6 Å². The molecule has 0 aliphatic rings. The molecule has 1 amide bonds. The van der Waals surface area contributed by atoms with E-state index in [0.717, 1.165) is 5.01 Å². The molecule has 7 nitrogen and oxygen atoms in total. The van der Waals surface area contributed by atoms with Gasteiger partial charge in [-0.05, 0) is 12.1 Å². The lowest BCUT2D eigenvalue weighted by Gasteiger charge is -2.18. The monoisotopic (exact) mass is 400 g/mol. The molecule has 2 aromatic heterocycles. The number of carbonyl (C=O) groups excluding carboxylic acids is 1. The first-order valence-electron chi connectivity index (χ1n) is 9.07. The third-order valence-electron chi connectivity index (χ3n) is 3.97. The Balaban J connectivity index is 1.74. The molecule has 28 heavy (non-hydrogen) atoms. The normalized spacial score (nSPS) is 11.8. The van der Waals surface area contributed by atoms with E-state index in [9.17, 15) is 9.59 Å². The van der Waals surface area contributed by atoms with Crippen molar-refractivity contribution in [1.29, 1.82) is 0 Å². The van der Waals surface area contributed by atoms with Gasteiger partial charge in [-0.3, -0.25) is 9.59 Å². The number of aromatic nitrogens is 3. The van der Waals surface area contributed by atoms with Gasteiger partial charge < -0.3 is 10.1 Å². The van der Waals surface area contributed by atoms with Crippen molar-refractivity contribution in [1.82, 2.24) is 14.6 Å². The standard InChI is InChI=1S/C20H24N4O3S/c1-12(2)17-23-24-16(25)10-14(22-19(24)28-17)11-27-15-8-6-7-13(9-15)21-18(26)20(3,4)5/h6-10,12H,11H2,1-5H3,(H,21,26). The minimum absolute atomic E-state index is 0.0732. The van der Waals surface area contributed by atoms with Crippen molar-refractivity contribution < 1.29 is 9.53 Å². The maximum Gasteiger partial charge on any atom is 0.275 e. The van der Waals surface area contributed by atoms with Crippen LogP contribution in [-0.4, -0.2) is 20.5 Å². The van der Waals surface area contributed by atoms with Crippen LogP contribution in [0.4, 0.5) is 5.69 Å². The van der Waals surface area contributed by atoms with Gasteiger partial charge in [-0.1, -0.05) is 52.0 Å². The summed E-state index contributed by atoms with van der Waals surface area (Å²) in [5.41, 5.74) is 0.484. The Bertz CT molecular complexity index is 1060. The number of amides is 1. The highest BCUT2D eigenvalue weighted by Crippen LogP contribution is 2.22. The van der Waals surface area contributed by atoms with Gasteiger partial charge in [-0.2, -0.15) is 9.61 Å². The van der Waals surface area contributed by atoms with E-state index in [0.29, 0.717) is 22.1 Å². The van der Waals surface area contributed by atoms with Crippen LogP contribution in [0.25, 0.3) is 4.96 Å². The van der Waals surface area contributed by atoms with E-state index in [1.54, 1.807) is 24.3 Å². The number of anilines is 1. The van der Waals surface area contributed by atoms with Gasteiger partial charge in [0.05, 0.1) is 5.69 Å². The summed E-state index contributed by atoms with van der Waals surface area (Å²) >= 11 is 1.40. The third kappa shape index (κ3) is 4.56. The molecule has 148 valence electrons. The Morgan fingerprint density at radius 3 is 2.71 bits per heavy atom. The van der Waals surface area contributed by atoms with Crippen LogP contribution in [0.2, 0.25) is 0 Å². The highest BCUT2D eigenvalue weighted by Gasteiger charge is 2.21. The molecule has 0 aliphatic heterocycles. The Hall–Kier alpha value is -2.74. The van der Waals surface area contributed by atoms with Crippen LogP contribution >= 0.6 is 11.3 Å². The molecule has 0 aliphatic carbocycles. The second-order valence-electron chi connectivity index (χ2n) is 7.90. The highest BCUT2D eigenvalue weighted by atomic mass is 32.1. The van der Waals surface area contributed by atoms with Crippen molar-refractivity contribution in [3.8, 4) is 5.75 Å². The van der Waals surface area contributed by atoms with Gasteiger partial charge >= 0.3 is 0 Å². The lowest BCUT2D eigenvalue weighted by molar-refractivity contribution is -0.123.